The lowest BCUT2D eigenvalue weighted by atomic mass is 9.97. The van der Waals surface area contributed by atoms with Gasteiger partial charge in [0, 0.05) is 5.69 Å². The second-order valence-electron chi connectivity index (χ2n) is 7.23. The van der Waals surface area contributed by atoms with E-state index in [0.717, 1.165) is 39.8 Å². The fraction of sp³-hybridized carbons (Fsp3) is 0.250. The van der Waals surface area contributed by atoms with Gasteiger partial charge in [-0.05, 0) is 72.1 Å². The maximum Gasteiger partial charge on any atom is 0.245 e. The largest absolute Gasteiger partial charge is 0.497 e. The lowest BCUT2D eigenvalue weighted by Gasteiger charge is -2.18. The lowest BCUT2D eigenvalue weighted by Crippen LogP contribution is -2.45. The van der Waals surface area contributed by atoms with Crippen molar-refractivity contribution in [2.45, 2.75) is 33.1 Å². The Morgan fingerprint density at radius 1 is 1.07 bits per heavy atom. The number of carbonyl (C=O) groups excluding carboxylic acids is 1. The number of anilines is 1. The second-order valence-corrected chi connectivity index (χ2v) is 7.63. The first-order valence-electron chi connectivity index (χ1n) is 9.96. The molecule has 0 aromatic heterocycles. The third kappa shape index (κ3) is 4.89. The molecule has 6 heteroatoms. The molecule has 0 radical (unpaired) electrons. The molecule has 0 unspecified atom stereocenters. The fourth-order valence-electron chi connectivity index (χ4n) is 3.36. The summed E-state index contributed by atoms with van der Waals surface area (Å²) in [4.78, 5) is 12.6. The molecule has 1 atom stereocenters. The van der Waals surface area contributed by atoms with Gasteiger partial charge in [0.2, 0.25) is 5.91 Å². The van der Waals surface area contributed by atoms with Gasteiger partial charge in [-0.15, -0.1) is 0 Å². The number of carbonyl (C=O) groups is 1. The molecule has 0 saturated carbocycles. The van der Waals surface area contributed by atoms with Crippen LogP contribution < -0.4 is 20.9 Å². The molecule has 0 aliphatic carbocycles. The van der Waals surface area contributed by atoms with E-state index in [9.17, 15) is 4.79 Å². The predicted molar refractivity (Wildman–Crippen MR) is 127 cm³/mol. The lowest BCUT2D eigenvalue weighted by molar-refractivity contribution is -0.122. The van der Waals surface area contributed by atoms with Crippen molar-refractivity contribution >= 4 is 39.7 Å². The summed E-state index contributed by atoms with van der Waals surface area (Å²) in [5, 5.41) is 5.67. The molecule has 0 fully saturated rings. The van der Waals surface area contributed by atoms with E-state index in [-0.39, 0.29) is 11.8 Å². The summed E-state index contributed by atoms with van der Waals surface area (Å²) < 4.78 is 5.27. The van der Waals surface area contributed by atoms with Crippen LogP contribution in [-0.2, 0) is 11.2 Å². The van der Waals surface area contributed by atoms with Crippen LogP contribution in [0, 0.1) is 6.92 Å². The fourth-order valence-corrected chi connectivity index (χ4v) is 3.52. The molecule has 1 amide bonds. The quantitative estimate of drug-likeness (QED) is 0.406. The molecule has 156 valence electrons. The molecule has 0 spiro atoms. The van der Waals surface area contributed by atoms with E-state index in [1.807, 2.05) is 62.4 Å². The van der Waals surface area contributed by atoms with Crippen molar-refractivity contribution in [3.05, 3.63) is 71.3 Å². The minimum absolute atomic E-state index is 0.160. The van der Waals surface area contributed by atoms with Crippen LogP contribution >= 0.6 is 12.2 Å². The van der Waals surface area contributed by atoms with Crippen LogP contribution in [0.3, 0.4) is 0 Å². The van der Waals surface area contributed by atoms with Gasteiger partial charge in [0.1, 0.15) is 5.75 Å². The van der Waals surface area contributed by atoms with E-state index in [4.69, 9.17) is 17.0 Å². The number of benzene rings is 3. The van der Waals surface area contributed by atoms with E-state index in [2.05, 4.69) is 29.2 Å². The van der Waals surface area contributed by atoms with Gasteiger partial charge in [-0.25, -0.2) is 0 Å². The molecule has 0 bridgehead atoms. The summed E-state index contributed by atoms with van der Waals surface area (Å²) in [5.74, 6) is 0.315. The minimum Gasteiger partial charge on any atom is -0.497 e. The van der Waals surface area contributed by atoms with Crippen LogP contribution in [0.25, 0.3) is 10.8 Å². The highest BCUT2D eigenvalue weighted by Crippen LogP contribution is 2.25. The Bertz CT molecular complexity index is 1080. The number of fused-ring (bicyclic) bond motifs is 1. The smallest absolute Gasteiger partial charge is 0.245 e. The number of aryl methyl sites for hydroxylation is 2. The molecule has 0 saturated heterocycles. The van der Waals surface area contributed by atoms with Crippen LogP contribution in [-0.4, -0.2) is 18.1 Å². The Labute approximate surface area is 182 Å². The number of ether oxygens (including phenoxy) is 1. The Hall–Kier alpha value is -3.12. The molecule has 5 nitrogen and oxygen atoms in total. The van der Waals surface area contributed by atoms with Gasteiger partial charge in [0.15, 0.2) is 5.11 Å². The number of hydrazine groups is 1. The van der Waals surface area contributed by atoms with Crippen molar-refractivity contribution in [3.63, 3.8) is 0 Å². The summed E-state index contributed by atoms with van der Waals surface area (Å²) in [7, 11) is 1.65. The average Bonchev–Trinajstić information content (AvgIpc) is 2.77. The summed E-state index contributed by atoms with van der Waals surface area (Å²) in [6.07, 6.45) is 0.893. The average molecular weight is 422 g/mol. The zero-order valence-corrected chi connectivity index (χ0v) is 18.5. The Morgan fingerprint density at radius 3 is 2.53 bits per heavy atom. The molecule has 0 aliphatic heterocycles. The molecular formula is C24H27N3O2S. The maximum atomic E-state index is 12.6. The Morgan fingerprint density at radius 2 is 1.80 bits per heavy atom. The number of hydrogen-bond donors (Lipinski definition) is 3. The van der Waals surface area contributed by atoms with Crippen molar-refractivity contribution in [2.24, 2.45) is 0 Å². The first-order chi connectivity index (χ1) is 14.4. The highest BCUT2D eigenvalue weighted by molar-refractivity contribution is 7.80. The number of methoxy groups -OCH3 is 1. The SMILES string of the molecule is CCc1cccc(C)c1NC(=S)NNC(=O)[C@@H](C)c1ccc2cc(OC)ccc2c1. The predicted octanol–water partition coefficient (Wildman–Crippen LogP) is 4.84. The van der Waals surface area contributed by atoms with Crippen molar-refractivity contribution in [1.29, 1.82) is 0 Å². The third-order valence-electron chi connectivity index (χ3n) is 5.24. The molecule has 3 rings (SSSR count). The van der Waals surface area contributed by atoms with Gasteiger partial charge >= 0.3 is 0 Å². The molecule has 3 aromatic rings. The summed E-state index contributed by atoms with van der Waals surface area (Å²) >= 11 is 5.36. The highest BCUT2D eigenvalue weighted by atomic mass is 32.1. The maximum absolute atomic E-state index is 12.6. The molecule has 0 heterocycles. The van der Waals surface area contributed by atoms with Gasteiger partial charge in [0.05, 0.1) is 13.0 Å². The Kier molecular flexibility index (Phi) is 6.90. The number of para-hydroxylation sites is 1. The highest BCUT2D eigenvalue weighted by Gasteiger charge is 2.16. The van der Waals surface area contributed by atoms with Gasteiger partial charge < -0.3 is 10.1 Å². The topological polar surface area (TPSA) is 62.4 Å². The van der Waals surface area contributed by atoms with Crippen LogP contribution in [0.2, 0.25) is 0 Å². The zero-order valence-electron chi connectivity index (χ0n) is 17.7. The molecule has 3 N–H and O–H groups in total. The molecule has 3 aromatic carbocycles. The minimum atomic E-state index is -0.337. The van der Waals surface area contributed by atoms with Gasteiger partial charge in [0.25, 0.3) is 0 Å². The van der Waals surface area contributed by atoms with E-state index >= 15 is 0 Å². The normalized spacial score (nSPS) is 11.6. The summed E-state index contributed by atoms with van der Waals surface area (Å²) in [5.41, 5.74) is 9.71. The summed E-state index contributed by atoms with van der Waals surface area (Å²) in [6, 6.07) is 18.0. The van der Waals surface area contributed by atoms with Crippen molar-refractivity contribution in [2.75, 3.05) is 12.4 Å². The number of thiocarbonyl (C=S) groups is 1. The first-order valence-corrected chi connectivity index (χ1v) is 10.4. The van der Waals surface area contributed by atoms with Crippen molar-refractivity contribution < 1.29 is 9.53 Å². The van der Waals surface area contributed by atoms with Crippen LogP contribution in [0.15, 0.2) is 54.6 Å². The van der Waals surface area contributed by atoms with Crippen LogP contribution in [0.4, 0.5) is 5.69 Å². The van der Waals surface area contributed by atoms with E-state index in [1.165, 1.54) is 5.56 Å². The zero-order chi connectivity index (χ0) is 21.7. The van der Waals surface area contributed by atoms with Gasteiger partial charge in [-0.1, -0.05) is 49.4 Å². The number of amides is 1. The standard InChI is InChI=1S/C24H27N3O2S/c1-5-17-8-6-7-15(2)22(17)25-24(30)27-26-23(28)16(3)18-9-10-20-14-21(29-4)12-11-19(20)13-18/h6-14,16H,5H2,1-4H3,(H,26,28)(H2,25,27,30)/t16-/m0/s1. The number of nitrogens with one attached hydrogen (secondary N) is 3. The van der Waals surface area contributed by atoms with E-state index in [1.54, 1.807) is 7.11 Å². The van der Waals surface area contributed by atoms with Crippen molar-refractivity contribution in [3.8, 4) is 5.75 Å². The molecular weight excluding hydrogens is 394 g/mol. The van der Waals surface area contributed by atoms with Gasteiger partial charge in [-0.3, -0.25) is 15.6 Å². The number of hydrogen-bond acceptors (Lipinski definition) is 3. The third-order valence-corrected chi connectivity index (χ3v) is 5.45. The van der Waals surface area contributed by atoms with E-state index < -0.39 is 0 Å². The summed E-state index contributed by atoms with van der Waals surface area (Å²) in [6.45, 7) is 5.99. The Balaban J connectivity index is 1.63. The monoisotopic (exact) mass is 421 g/mol. The van der Waals surface area contributed by atoms with Crippen LogP contribution in [0.1, 0.15) is 36.5 Å². The van der Waals surface area contributed by atoms with Crippen LogP contribution in [0.5, 0.6) is 5.75 Å². The first kappa shape index (κ1) is 21.6. The number of rotatable bonds is 5. The van der Waals surface area contributed by atoms with Crippen molar-refractivity contribution in [1.82, 2.24) is 10.9 Å². The van der Waals surface area contributed by atoms with E-state index in [0.29, 0.717) is 5.11 Å². The second kappa shape index (κ2) is 9.59. The van der Waals surface area contributed by atoms with Gasteiger partial charge in [-0.2, -0.15) is 0 Å². The molecule has 0 aliphatic rings. The molecule has 30 heavy (non-hydrogen) atoms.